The molecule has 2 heterocycles. The number of rotatable bonds is 7. The quantitative estimate of drug-likeness (QED) is 0.684. The molecule has 0 amide bonds. The van der Waals surface area contributed by atoms with Gasteiger partial charge in [-0.15, -0.1) is 0 Å². The minimum Gasteiger partial charge on any atom is -0.489 e. The molecule has 1 fully saturated rings. The third kappa shape index (κ3) is 4.41. The molecule has 1 saturated heterocycles. The molecular formula is C24H27N3O. The molecule has 1 aliphatic rings. The average Bonchev–Trinajstić information content (AvgIpc) is 3.17. The summed E-state index contributed by atoms with van der Waals surface area (Å²) in [6.45, 7) is 4.18. The van der Waals surface area contributed by atoms with Gasteiger partial charge in [-0.05, 0) is 30.2 Å². The molecule has 3 aromatic rings. The normalized spacial score (nSPS) is 19.6. The van der Waals surface area contributed by atoms with Crippen LogP contribution in [0, 0.1) is 5.92 Å². The van der Waals surface area contributed by atoms with Crippen LogP contribution < -0.4 is 10.5 Å². The summed E-state index contributed by atoms with van der Waals surface area (Å²) in [4.78, 5) is 6.66. The first kappa shape index (κ1) is 18.7. The Labute approximate surface area is 167 Å². The van der Waals surface area contributed by atoms with Gasteiger partial charge < -0.3 is 10.5 Å². The van der Waals surface area contributed by atoms with Crippen molar-refractivity contribution in [1.82, 2.24) is 9.88 Å². The van der Waals surface area contributed by atoms with E-state index in [1.54, 1.807) is 6.20 Å². The number of ether oxygens (including phenoxy) is 1. The molecule has 0 unspecified atom stereocenters. The Bertz CT molecular complexity index is 869. The van der Waals surface area contributed by atoms with Crippen molar-refractivity contribution in [3.63, 3.8) is 0 Å². The number of aromatic nitrogens is 1. The number of nitrogens with zero attached hydrogens (tertiary/aromatic N) is 2. The molecule has 0 radical (unpaired) electrons. The zero-order valence-electron chi connectivity index (χ0n) is 16.1. The third-order valence-electron chi connectivity index (χ3n) is 5.53. The fourth-order valence-electron chi connectivity index (χ4n) is 4.07. The molecule has 28 heavy (non-hydrogen) atoms. The van der Waals surface area contributed by atoms with E-state index < -0.39 is 0 Å². The molecule has 2 aromatic carbocycles. The van der Waals surface area contributed by atoms with Gasteiger partial charge in [-0.1, -0.05) is 54.6 Å². The van der Waals surface area contributed by atoms with E-state index in [9.17, 15) is 0 Å². The highest BCUT2D eigenvalue weighted by molar-refractivity contribution is 5.34. The van der Waals surface area contributed by atoms with Gasteiger partial charge in [0.15, 0.2) is 0 Å². The first-order valence-corrected chi connectivity index (χ1v) is 9.90. The number of para-hydroxylation sites is 1. The second-order valence-corrected chi connectivity index (χ2v) is 7.46. The van der Waals surface area contributed by atoms with Crippen molar-refractivity contribution in [3.8, 4) is 5.75 Å². The first-order valence-electron chi connectivity index (χ1n) is 9.90. The number of benzene rings is 2. The number of likely N-dealkylation sites (tertiary alicyclic amines) is 1. The van der Waals surface area contributed by atoms with Crippen LogP contribution in [0.1, 0.15) is 22.6 Å². The smallest absolute Gasteiger partial charge is 0.124 e. The van der Waals surface area contributed by atoms with Gasteiger partial charge in [0.25, 0.3) is 0 Å². The minimum absolute atomic E-state index is 0.492. The molecular weight excluding hydrogens is 346 g/mol. The van der Waals surface area contributed by atoms with Crippen LogP contribution >= 0.6 is 0 Å². The van der Waals surface area contributed by atoms with Gasteiger partial charge in [0, 0.05) is 49.1 Å². The Morgan fingerprint density at radius 1 is 0.964 bits per heavy atom. The van der Waals surface area contributed by atoms with Crippen LogP contribution in [0.5, 0.6) is 5.75 Å². The van der Waals surface area contributed by atoms with E-state index in [2.05, 4.69) is 58.4 Å². The van der Waals surface area contributed by atoms with Gasteiger partial charge in [-0.25, -0.2) is 0 Å². The molecule has 1 aliphatic heterocycles. The molecule has 2 atom stereocenters. The van der Waals surface area contributed by atoms with Gasteiger partial charge in [0.1, 0.15) is 12.4 Å². The average molecular weight is 374 g/mol. The zero-order valence-corrected chi connectivity index (χ0v) is 16.1. The monoisotopic (exact) mass is 373 g/mol. The summed E-state index contributed by atoms with van der Waals surface area (Å²) >= 11 is 0. The van der Waals surface area contributed by atoms with Crippen molar-refractivity contribution in [1.29, 1.82) is 0 Å². The molecule has 0 bridgehead atoms. The summed E-state index contributed by atoms with van der Waals surface area (Å²) in [6, 6.07) is 23.0. The SMILES string of the molecule is NC[C@@H]1CN(Cc2ccccc2OCc2cccnc2)C[C@H]1c1ccccc1. The topological polar surface area (TPSA) is 51.4 Å². The number of hydrogen-bond donors (Lipinski definition) is 1. The van der Waals surface area contributed by atoms with Crippen LogP contribution in [0.4, 0.5) is 0 Å². The van der Waals surface area contributed by atoms with E-state index in [1.807, 2.05) is 24.4 Å². The van der Waals surface area contributed by atoms with Crippen LogP contribution in [0.3, 0.4) is 0 Å². The minimum atomic E-state index is 0.492. The molecule has 1 aromatic heterocycles. The maximum atomic E-state index is 6.11. The molecule has 2 N–H and O–H groups in total. The predicted octanol–water partition coefficient (Wildman–Crippen LogP) is 3.83. The van der Waals surface area contributed by atoms with Crippen molar-refractivity contribution in [2.75, 3.05) is 19.6 Å². The highest BCUT2D eigenvalue weighted by Crippen LogP contribution is 2.33. The lowest BCUT2D eigenvalue weighted by Gasteiger charge is -2.19. The second-order valence-electron chi connectivity index (χ2n) is 7.46. The lowest BCUT2D eigenvalue weighted by molar-refractivity contribution is 0.281. The predicted molar refractivity (Wildman–Crippen MR) is 112 cm³/mol. The summed E-state index contributed by atoms with van der Waals surface area (Å²) in [6.07, 6.45) is 3.63. The maximum absolute atomic E-state index is 6.11. The van der Waals surface area contributed by atoms with Gasteiger partial charge in [0.05, 0.1) is 0 Å². The fraction of sp³-hybridized carbons (Fsp3) is 0.292. The molecule has 0 saturated carbocycles. The van der Waals surface area contributed by atoms with E-state index in [-0.39, 0.29) is 0 Å². The Morgan fingerprint density at radius 2 is 1.79 bits per heavy atom. The second kappa shape index (κ2) is 9.00. The number of hydrogen-bond acceptors (Lipinski definition) is 4. The van der Waals surface area contributed by atoms with Crippen molar-refractivity contribution in [2.24, 2.45) is 11.7 Å². The fourth-order valence-corrected chi connectivity index (χ4v) is 4.07. The van der Waals surface area contributed by atoms with Crippen molar-refractivity contribution < 1.29 is 4.74 Å². The number of pyridine rings is 1. The third-order valence-corrected chi connectivity index (χ3v) is 5.53. The Kier molecular flexibility index (Phi) is 6.00. The van der Waals surface area contributed by atoms with Crippen LogP contribution in [0.2, 0.25) is 0 Å². The van der Waals surface area contributed by atoms with E-state index in [0.717, 1.165) is 37.5 Å². The standard InChI is InChI=1S/C24H27N3O/c25-13-22-16-27(17-23(22)20-8-2-1-3-9-20)15-21-10-4-5-11-24(21)28-18-19-7-6-12-26-14-19/h1-12,14,22-23H,13,15-18,25H2/t22-,23+/m1/s1. The summed E-state index contributed by atoms with van der Waals surface area (Å²) < 4.78 is 6.11. The molecule has 4 nitrogen and oxygen atoms in total. The van der Waals surface area contributed by atoms with Gasteiger partial charge in [-0.3, -0.25) is 9.88 Å². The number of nitrogens with two attached hydrogens (primary N) is 1. The van der Waals surface area contributed by atoms with E-state index >= 15 is 0 Å². The largest absolute Gasteiger partial charge is 0.489 e. The Morgan fingerprint density at radius 3 is 2.57 bits per heavy atom. The summed E-state index contributed by atoms with van der Waals surface area (Å²) in [5, 5.41) is 0. The summed E-state index contributed by atoms with van der Waals surface area (Å²) in [7, 11) is 0. The zero-order chi connectivity index (χ0) is 19.2. The molecule has 4 heteroatoms. The van der Waals surface area contributed by atoms with Crippen LogP contribution in [-0.2, 0) is 13.2 Å². The van der Waals surface area contributed by atoms with Gasteiger partial charge in [0.2, 0.25) is 0 Å². The highest BCUT2D eigenvalue weighted by atomic mass is 16.5. The Hall–Kier alpha value is -2.69. The molecule has 144 valence electrons. The van der Waals surface area contributed by atoms with Crippen molar-refractivity contribution >= 4 is 0 Å². The lowest BCUT2D eigenvalue weighted by atomic mass is 9.89. The molecule has 4 rings (SSSR count). The summed E-state index contributed by atoms with van der Waals surface area (Å²) in [5.74, 6) is 1.93. The highest BCUT2D eigenvalue weighted by Gasteiger charge is 2.32. The molecule has 0 spiro atoms. The first-order chi connectivity index (χ1) is 13.8. The van der Waals surface area contributed by atoms with Gasteiger partial charge in [-0.2, -0.15) is 0 Å². The van der Waals surface area contributed by atoms with Crippen LogP contribution in [0.25, 0.3) is 0 Å². The van der Waals surface area contributed by atoms with Crippen molar-refractivity contribution in [3.05, 3.63) is 95.8 Å². The van der Waals surface area contributed by atoms with E-state index in [4.69, 9.17) is 10.5 Å². The maximum Gasteiger partial charge on any atom is 0.124 e. The van der Waals surface area contributed by atoms with E-state index in [0.29, 0.717) is 18.4 Å². The summed E-state index contributed by atoms with van der Waals surface area (Å²) in [5.41, 5.74) is 9.79. The Balaban J connectivity index is 1.44. The van der Waals surface area contributed by atoms with Gasteiger partial charge >= 0.3 is 0 Å². The van der Waals surface area contributed by atoms with Crippen LogP contribution in [-0.4, -0.2) is 29.5 Å². The van der Waals surface area contributed by atoms with E-state index in [1.165, 1.54) is 11.1 Å². The lowest BCUT2D eigenvalue weighted by Crippen LogP contribution is -2.23. The van der Waals surface area contributed by atoms with Crippen LogP contribution in [0.15, 0.2) is 79.1 Å². The van der Waals surface area contributed by atoms with Crippen molar-refractivity contribution in [2.45, 2.75) is 19.1 Å². The molecule has 0 aliphatic carbocycles.